The zero-order valence-electron chi connectivity index (χ0n) is 13.9. The number of alkyl halides is 1. The molecule has 0 aliphatic heterocycles. The molecule has 1 heteroatoms. The van der Waals surface area contributed by atoms with E-state index in [1.54, 1.807) is 0 Å². The lowest BCUT2D eigenvalue weighted by Gasteiger charge is -2.33. The lowest BCUT2D eigenvalue weighted by Crippen LogP contribution is -2.25. The summed E-state index contributed by atoms with van der Waals surface area (Å²) >= 11 is 6.99. The second-order valence-electron chi connectivity index (χ2n) is 6.62. The van der Waals surface area contributed by atoms with Gasteiger partial charge in [0.1, 0.15) is 0 Å². The average Bonchev–Trinajstić information content (AvgIpc) is 2.46. The van der Waals surface area contributed by atoms with E-state index in [1.807, 2.05) is 0 Å². The van der Waals surface area contributed by atoms with Crippen LogP contribution < -0.4 is 0 Å². The molecule has 0 aliphatic rings. The standard InChI is InChI=1S/C20H25Cl/c1-13-12-14(2)16(4)18(15(13)3)19(21)20(5,6)17-10-8-7-9-11-17/h7-12,19H,1-6H3. The molecule has 21 heavy (non-hydrogen) atoms. The number of aryl methyl sites for hydroxylation is 2. The second kappa shape index (κ2) is 5.85. The van der Waals surface area contributed by atoms with E-state index >= 15 is 0 Å². The van der Waals surface area contributed by atoms with Gasteiger partial charge >= 0.3 is 0 Å². The van der Waals surface area contributed by atoms with Crippen molar-refractivity contribution >= 4 is 11.6 Å². The summed E-state index contributed by atoms with van der Waals surface area (Å²) in [5.41, 5.74) is 7.75. The van der Waals surface area contributed by atoms with E-state index in [0.29, 0.717) is 0 Å². The Labute approximate surface area is 134 Å². The summed E-state index contributed by atoms with van der Waals surface area (Å²) in [6, 6.07) is 12.8. The highest BCUT2D eigenvalue weighted by molar-refractivity contribution is 6.22. The predicted molar refractivity (Wildman–Crippen MR) is 93.5 cm³/mol. The molecular formula is C20H25Cl. The summed E-state index contributed by atoms with van der Waals surface area (Å²) in [4.78, 5) is 0. The second-order valence-corrected chi connectivity index (χ2v) is 7.06. The van der Waals surface area contributed by atoms with E-state index < -0.39 is 0 Å². The number of benzene rings is 2. The van der Waals surface area contributed by atoms with Gasteiger partial charge in [-0.1, -0.05) is 50.2 Å². The van der Waals surface area contributed by atoms with Crippen LogP contribution in [0, 0.1) is 27.7 Å². The van der Waals surface area contributed by atoms with Gasteiger partial charge in [-0.2, -0.15) is 0 Å². The van der Waals surface area contributed by atoms with Gasteiger partial charge in [-0.05, 0) is 61.1 Å². The minimum atomic E-state index is -0.113. The molecule has 0 radical (unpaired) electrons. The molecule has 1 unspecified atom stereocenters. The summed E-state index contributed by atoms with van der Waals surface area (Å²) in [5.74, 6) is 0. The number of hydrogen-bond acceptors (Lipinski definition) is 0. The van der Waals surface area contributed by atoms with Gasteiger partial charge < -0.3 is 0 Å². The average molecular weight is 301 g/mol. The molecule has 0 N–H and O–H groups in total. The van der Waals surface area contributed by atoms with E-state index in [1.165, 1.54) is 33.4 Å². The largest absolute Gasteiger partial charge is 0.117 e. The molecule has 0 nitrogen and oxygen atoms in total. The van der Waals surface area contributed by atoms with Gasteiger partial charge in [-0.25, -0.2) is 0 Å². The van der Waals surface area contributed by atoms with Gasteiger partial charge in [-0.3, -0.25) is 0 Å². The summed E-state index contributed by atoms with van der Waals surface area (Å²) in [6.07, 6.45) is 0. The van der Waals surface area contributed by atoms with Crippen LogP contribution in [0.4, 0.5) is 0 Å². The third kappa shape index (κ3) is 2.87. The third-order valence-electron chi connectivity index (χ3n) is 4.83. The Kier molecular flexibility index (Phi) is 4.49. The minimum Gasteiger partial charge on any atom is -0.117 e. The van der Waals surface area contributed by atoms with Crippen molar-refractivity contribution in [3.05, 3.63) is 69.8 Å². The van der Waals surface area contributed by atoms with Crippen molar-refractivity contribution in [2.75, 3.05) is 0 Å². The maximum absolute atomic E-state index is 6.99. The van der Waals surface area contributed by atoms with E-state index in [-0.39, 0.29) is 10.8 Å². The molecule has 2 aromatic carbocycles. The normalized spacial score (nSPS) is 13.3. The molecule has 0 spiro atoms. The third-order valence-corrected chi connectivity index (χ3v) is 5.59. The summed E-state index contributed by atoms with van der Waals surface area (Å²) in [5, 5.41) is -0.0431. The van der Waals surface area contributed by atoms with E-state index in [0.717, 1.165) is 0 Å². The number of hydrogen-bond donors (Lipinski definition) is 0. The molecule has 0 heterocycles. The highest BCUT2D eigenvalue weighted by Crippen LogP contribution is 2.44. The number of halogens is 1. The number of rotatable bonds is 3. The Morgan fingerprint density at radius 3 is 1.81 bits per heavy atom. The van der Waals surface area contributed by atoms with E-state index in [9.17, 15) is 0 Å². The highest BCUT2D eigenvalue weighted by atomic mass is 35.5. The van der Waals surface area contributed by atoms with Crippen LogP contribution in [0.25, 0.3) is 0 Å². The maximum atomic E-state index is 6.99. The van der Waals surface area contributed by atoms with Gasteiger partial charge in [0, 0.05) is 5.41 Å². The molecule has 112 valence electrons. The molecule has 2 rings (SSSR count). The Morgan fingerprint density at radius 1 is 0.857 bits per heavy atom. The van der Waals surface area contributed by atoms with Crippen LogP contribution in [0.15, 0.2) is 36.4 Å². The van der Waals surface area contributed by atoms with Crippen LogP contribution in [0.1, 0.15) is 52.6 Å². The van der Waals surface area contributed by atoms with Crippen molar-refractivity contribution in [2.45, 2.75) is 52.3 Å². The first kappa shape index (κ1) is 16.1. The van der Waals surface area contributed by atoms with Crippen LogP contribution in [0.3, 0.4) is 0 Å². The summed E-state index contributed by atoms with van der Waals surface area (Å²) < 4.78 is 0. The van der Waals surface area contributed by atoms with Crippen LogP contribution in [0.2, 0.25) is 0 Å². The molecule has 0 amide bonds. The van der Waals surface area contributed by atoms with Crippen LogP contribution in [-0.2, 0) is 5.41 Å². The first-order valence-corrected chi connectivity index (χ1v) is 7.97. The summed E-state index contributed by atoms with van der Waals surface area (Å²) in [6.45, 7) is 13.2. The molecule has 0 saturated heterocycles. The van der Waals surface area contributed by atoms with E-state index in [2.05, 4.69) is 77.9 Å². The predicted octanol–water partition coefficient (Wildman–Crippen LogP) is 6.18. The molecule has 2 aromatic rings. The SMILES string of the molecule is Cc1cc(C)c(C)c(C(Cl)C(C)(C)c2ccccc2)c1C. The van der Waals surface area contributed by atoms with Crippen molar-refractivity contribution in [1.29, 1.82) is 0 Å². The summed E-state index contributed by atoms with van der Waals surface area (Å²) in [7, 11) is 0. The Hall–Kier alpha value is -1.27. The van der Waals surface area contributed by atoms with E-state index in [4.69, 9.17) is 11.6 Å². The van der Waals surface area contributed by atoms with Crippen molar-refractivity contribution in [3.8, 4) is 0 Å². The van der Waals surface area contributed by atoms with Crippen LogP contribution in [0.5, 0.6) is 0 Å². The first-order valence-electron chi connectivity index (χ1n) is 7.53. The fraction of sp³-hybridized carbons (Fsp3) is 0.400. The van der Waals surface area contributed by atoms with Crippen molar-refractivity contribution in [2.24, 2.45) is 0 Å². The molecule has 0 fully saturated rings. The monoisotopic (exact) mass is 300 g/mol. The van der Waals surface area contributed by atoms with Crippen molar-refractivity contribution < 1.29 is 0 Å². The van der Waals surface area contributed by atoms with Gasteiger partial charge in [0.2, 0.25) is 0 Å². The minimum absolute atomic E-state index is 0.0431. The Bertz CT molecular complexity index is 612. The molecule has 0 bridgehead atoms. The Morgan fingerprint density at radius 2 is 1.33 bits per heavy atom. The quantitative estimate of drug-likeness (QED) is 0.594. The first-order chi connectivity index (χ1) is 9.76. The highest BCUT2D eigenvalue weighted by Gasteiger charge is 2.33. The fourth-order valence-corrected chi connectivity index (χ4v) is 3.46. The van der Waals surface area contributed by atoms with Crippen molar-refractivity contribution in [1.82, 2.24) is 0 Å². The zero-order chi connectivity index (χ0) is 15.8. The van der Waals surface area contributed by atoms with Gasteiger partial charge in [0.05, 0.1) is 5.38 Å². The maximum Gasteiger partial charge on any atom is 0.0681 e. The Balaban J connectivity index is 2.57. The van der Waals surface area contributed by atoms with Gasteiger partial charge in [0.15, 0.2) is 0 Å². The molecule has 0 aromatic heterocycles. The molecular weight excluding hydrogens is 276 g/mol. The fourth-order valence-electron chi connectivity index (χ4n) is 3.00. The molecule has 0 aliphatic carbocycles. The van der Waals surface area contributed by atoms with Gasteiger partial charge in [0.25, 0.3) is 0 Å². The smallest absolute Gasteiger partial charge is 0.0681 e. The van der Waals surface area contributed by atoms with Crippen molar-refractivity contribution in [3.63, 3.8) is 0 Å². The zero-order valence-corrected chi connectivity index (χ0v) is 14.7. The van der Waals surface area contributed by atoms with Gasteiger partial charge in [-0.15, -0.1) is 11.6 Å². The molecule has 1 atom stereocenters. The lowest BCUT2D eigenvalue weighted by atomic mass is 9.76. The molecule has 0 saturated carbocycles. The lowest BCUT2D eigenvalue weighted by molar-refractivity contribution is 0.501. The van der Waals surface area contributed by atoms with Crippen LogP contribution in [-0.4, -0.2) is 0 Å². The van der Waals surface area contributed by atoms with Crippen LogP contribution >= 0.6 is 11.6 Å². The topological polar surface area (TPSA) is 0 Å².